The molecular formula is C38H45N3O15. The fraction of sp³-hybridized carbons (Fsp3) is 0.447. The van der Waals surface area contributed by atoms with Gasteiger partial charge in [-0.3, -0.25) is 53.3 Å². The van der Waals surface area contributed by atoms with Gasteiger partial charge in [-0.1, -0.05) is 24.3 Å². The predicted octanol–water partition coefficient (Wildman–Crippen LogP) is 2.60. The van der Waals surface area contributed by atoms with Crippen molar-refractivity contribution in [2.45, 2.75) is 83.6 Å². The highest BCUT2D eigenvalue weighted by molar-refractivity contribution is 5.95. The van der Waals surface area contributed by atoms with E-state index in [0.717, 1.165) is 0 Å². The maximum absolute atomic E-state index is 13.9. The molecule has 2 amide bonds. The van der Waals surface area contributed by atoms with E-state index in [9.17, 15) is 58.4 Å². The van der Waals surface area contributed by atoms with E-state index in [1.54, 1.807) is 0 Å². The topological polar surface area (TPSA) is 302 Å². The van der Waals surface area contributed by atoms with Crippen LogP contribution in [-0.2, 0) is 56.0 Å². The average molecular weight is 784 g/mol. The van der Waals surface area contributed by atoms with Crippen LogP contribution in [0.25, 0.3) is 0 Å². The minimum atomic E-state index is -1.33. The molecule has 0 aliphatic carbocycles. The van der Waals surface area contributed by atoms with Crippen molar-refractivity contribution in [1.82, 2.24) is 10.6 Å². The first-order valence-electron chi connectivity index (χ1n) is 17.7. The number of carbonyl (C=O) groups is 9. The minimum Gasteiger partial charge on any atom is -0.508 e. The van der Waals surface area contributed by atoms with Gasteiger partial charge in [0, 0.05) is 68.4 Å². The Morgan fingerprint density at radius 1 is 0.643 bits per heavy atom. The molecule has 4 atom stereocenters. The molecule has 0 aliphatic heterocycles. The van der Waals surface area contributed by atoms with E-state index in [2.05, 4.69) is 10.6 Å². The van der Waals surface area contributed by atoms with E-state index in [4.69, 9.17) is 15.3 Å². The molecular weight excluding hydrogens is 738 g/mol. The zero-order valence-electron chi connectivity index (χ0n) is 30.6. The van der Waals surface area contributed by atoms with Crippen molar-refractivity contribution in [2.24, 2.45) is 17.8 Å². The summed E-state index contributed by atoms with van der Waals surface area (Å²) in [4.78, 5) is 122. The van der Waals surface area contributed by atoms with Crippen molar-refractivity contribution in [3.8, 4) is 5.75 Å². The number of hydrogen-bond acceptors (Lipinski definition) is 12. The Morgan fingerprint density at radius 3 is 1.70 bits per heavy atom. The number of phenols is 1. The van der Waals surface area contributed by atoms with Crippen LogP contribution in [0.5, 0.6) is 5.75 Å². The molecule has 0 spiro atoms. The van der Waals surface area contributed by atoms with Gasteiger partial charge in [-0.15, -0.1) is 0 Å². The molecule has 56 heavy (non-hydrogen) atoms. The number of nitro benzene ring substituents is 1. The van der Waals surface area contributed by atoms with Gasteiger partial charge in [0.25, 0.3) is 5.69 Å². The molecule has 18 nitrogen and oxygen atoms in total. The number of aromatic hydroxyl groups is 1. The number of amides is 2. The summed E-state index contributed by atoms with van der Waals surface area (Å²) < 4.78 is 0. The second kappa shape index (κ2) is 22.8. The van der Waals surface area contributed by atoms with Gasteiger partial charge in [-0.05, 0) is 55.9 Å². The molecule has 302 valence electrons. The molecule has 18 heteroatoms. The molecule has 2 rings (SSSR count). The Morgan fingerprint density at radius 2 is 1.16 bits per heavy atom. The molecule has 0 bridgehead atoms. The van der Waals surface area contributed by atoms with Crippen LogP contribution >= 0.6 is 0 Å². The first kappa shape index (κ1) is 45.8. The molecule has 2 aromatic carbocycles. The Hall–Kier alpha value is -6.33. The molecule has 0 fully saturated rings. The third-order valence-corrected chi connectivity index (χ3v) is 8.91. The number of non-ortho nitro benzene ring substituents is 1. The van der Waals surface area contributed by atoms with E-state index in [-0.39, 0.29) is 43.5 Å². The van der Waals surface area contributed by atoms with E-state index in [1.165, 1.54) is 55.5 Å². The lowest BCUT2D eigenvalue weighted by molar-refractivity contribution is -0.384. The smallest absolute Gasteiger partial charge is 0.303 e. The van der Waals surface area contributed by atoms with Crippen molar-refractivity contribution >= 4 is 58.5 Å². The Bertz CT molecular complexity index is 1770. The average Bonchev–Trinajstić information content (AvgIpc) is 3.13. The third kappa shape index (κ3) is 17.2. The fourth-order valence-electron chi connectivity index (χ4n) is 5.75. The van der Waals surface area contributed by atoms with Crippen molar-refractivity contribution in [1.29, 1.82) is 0 Å². The van der Waals surface area contributed by atoms with Crippen LogP contribution in [0.15, 0.2) is 48.5 Å². The number of carbonyl (C=O) groups excluding carboxylic acids is 6. The van der Waals surface area contributed by atoms with Gasteiger partial charge in [0.15, 0.2) is 11.6 Å². The number of Topliss-reactive ketones (excluding diaryl/α,β-unsaturated/α-hetero) is 4. The molecule has 0 radical (unpaired) electrons. The summed E-state index contributed by atoms with van der Waals surface area (Å²) in [6.07, 6.45) is -3.86. The summed E-state index contributed by atoms with van der Waals surface area (Å²) in [5, 5.41) is 53.0. The van der Waals surface area contributed by atoms with Crippen LogP contribution in [0.2, 0.25) is 0 Å². The number of nitro groups is 1. The lowest BCUT2D eigenvalue weighted by Crippen LogP contribution is -2.47. The first-order valence-corrected chi connectivity index (χ1v) is 17.7. The van der Waals surface area contributed by atoms with Crippen molar-refractivity contribution in [3.05, 3.63) is 69.8 Å². The highest BCUT2D eigenvalue weighted by atomic mass is 16.6. The number of benzene rings is 2. The molecule has 0 saturated heterocycles. The summed E-state index contributed by atoms with van der Waals surface area (Å²) in [5.41, 5.74) is 0.660. The van der Waals surface area contributed by atoms with Gasteiger partial charge in [-0.25, -0.2) is 0 Å². The normalized spacial score (nSPS) is 12.9. The lowest BCUT2D eigenvalue weighted by Gasteiger charge is -2.24. The van der Waals surface area contributed by atoms with Crippen LogP contribution in [-0.4, -0.2) is 90.8 Å². The summed E-state index contributed by atoms with van der Waals surface area (Å²) in [5.74, 6) is -11.1. The molecule has 0 aliphatic rings. The summed E-state index contributed by atoms with van der Waals surface area (Å²) in [7, 11) is 0. The van der Waals surface area contributed by atoms with Crippen LogP contribution in [0, 0.1) is 27.9 Å². The number of nitrogens with zero attached hydrogens (tertiary/aromatic N) is 1. The number of rotatable bonds is 27. The predicted molar refractivity (Wildman–Crippen MR) is 194 cm³/mol. The first-order chi connectivity index (χ1) is 26.3. The number of carboxylic acid groups (broad SMARTS) is 3. The van der Waals surface area contributed by atoms with Gasteiger partial charge < -0.3 is 31.1 Å². The van der Waals surface area contributed by atoms with Crippen molar-refractivity contribution < 1.29 is 68.5 Å². The molecule has 0 unspecified atom stereocenters. The zero-order chi connectivity index (χ0) is 41.9. The van der Waals surface area contributed by atoms with Crippen LogP contribution in [0.3, 0.4) is 0 Å². The maximum Gasteiger partial charge on any atom is 0.303 e. The molecule has 6 N–H and O–H groups in total. The fourth-order valence-corrected chi connectivity index (χ4v) is 5.75. The highest BCUT2D eigenvalue weighted by Gasteiger charge is 2.31. The highest BCUT2D eigenvalue weighted by Crippen LogP contribution is 2.21. The number of hydrogen-bond donors (Lipinski definition) is 6. The van der Waals surface area contributed by atoms with Gasteiger partial charge in [0.2, 0.25) is 11.8 Å². The minimum absolute atomic E-state index is 0.0795. The van der Waals surface area contributed by atoms with Gasteiger partial charge in [0.1, 0.15) is 17.3 Å². The Labute approximate surface area is 320 Å². The van der Waals surface area contributed by atoms with Crippen molar-refractivity contribution in [3.63, 3.8) is 0 Å². The van der Waals surface area contributed by atoms with E-state index in [1.807, 2.05) is 0 Å². The van der Waals surface area contributed by atoms with Crippen LogP contribution in [0.1, 0.15) is 75.8 Å². The third-order valence-electron chi connectivity index (χ3n) is 8.91. The Kier molecular flexibility index (Phi) is 18.6. The zero-order valence-corrected chi connectivity index (χ0v) is 30.6. The maximum atomic E-state index is 13.9. The molecule has 0 aromatic heterocycles. The number of aliphatic carboxylic acids is 3. The summed E-state index contributed by atoms with van der Waals surface area (Å²) in [6, 6.07) is 9.50. The SMILES string of the molecule is CC(=O)[C@H](CCC(=O)O)CC(=O)[C@H](Cc1ccc([N+](=O)[O-])cc1)NC(=O)[C@@H](CC(=O)CNC(=O)[C@H](CCC(=O)O)CC(=O)CCC(=O)O)Cc1ccc(O)cc1. The summed E-state index contributed by atoms with van der Waals surface area (Å²) >= 11 is 0. The number of nitrogens with one attached hydrogen (secondary N) is 2. The number of carboxylic acids is 3. The van der Waals surface area contributed by atoms with Crippen LogP contribution < -0.4 is 10.6 Å². The standard InChI is InChI=1S/C38H45N3O15/c1-22(42)25(6-13-34(47)48)20-33(46)32(17-24-2-8-28(9-3-24)41(55)56)40-38(54)27(16-23-4-10-29(43)11-5-23)19-31(45)21-39-37(53)26(7-14-35(49)50)18-30(44)12-15-36(51)52/h2-5,8-11,25-27,32,43H,6-7,12-21H2,1H3,(H,39,53)(H,40,54)(H,47,48)(H,49,50)(H,51,52)/t25-,26-,27-,32+/m1/s1. The quantitative estimate of drug-likeness (QED) is 0.0560. The Balaban J connectivity index is 2.34. The molecule has 2 aromatic rings. The molecule has 0 saturated carbocycles. The van der Waals surface area contributed by atoms with Crippen LogP contribution in [0.4, 0.5) is 5.69 Å². The van der Waals surface area contributed by atoms with E-state index in [0.29, 0.717) is 11.1 Å². The van der Waals surface area contributed by atoms with Gasteiger partial charge in [-0.2, -0.15) is 0 Å². The number of phenolic OH excluding ortho intramolecular Hbond substituents is 1. The summed E-state index contributed by atoms with van der Waals surface area (Å²) in [6.45, 7) is 0.563. The second-order valence-electron chi connectivity index (χ2n) is 13.4. The number of ketones is 4. The largest absolute Gasteiger partial charge is 0.508 e. The molecule has 0 heterocycles. The van der Waals surface area contributed by atoms with E-state index >= 15 is 0 Å². The van der Waals surface area contributed by atoms with Crippen molar-refractivity contribution in [2.75, 3.05) is 6.54 Å². The monoisotopic (exact) mass is 783 g/mol. The van der Waals surface area contributed by atoms with E-state index < -0.39 is 127 Å². The van der Waals surface area contributed by atoms with Gasteiger partial charge >= 0.3 is 17.9 Å². The second-order valence-corrected chi connectivity index (χ2v) is 13.4. The lowest BCUT2D eigenvalue weighted by atomic mass is 9.88. The van der Waals surface area contributed by atoms with Gasteiger partial charge in [0.05, 0.1) is 23.9 Å².